The number of carbonyl (C=O) groups is 2. The molecule has 1 unspecified atom stereocenters. The van der Waals surface area contributed by atoms with E-state index >= 15 is 0 Å². The molecule has 2 N–H and O–H groups in total. The Bertz CT molecular complexity index is 621. The van der Waals surface area contributed by atoms with Gasteiger partial charge in [-0.25, -0.2) is 0 Å². The molecule has 0 bridgehead atoms. The van der Waals surface area contributed by atoms with Crippen LogP contribution in [-0.2, 0) is 4.79 Å². The number of hydrogen-bond donors (Lipinski definition) is 2. The molecule has 1 heterocycles. The number of aliphatic carboxylic acids is 1. The third-order valence-corrected chi connectivity index (χ3v) is 3.78. The summed E-state index contributed by atoms with van der Waals surface area (Å²) in [6.07, 6.45) is 1.37. The highest BCUT2D eigenvalue weighted by molar-refractivity contribution is 9.10. The standard InChI is InChI=1S/C12H9Br2NO3/c13-6-1-2-7-8(5-15-10(7)3-6)12(18)9(14)4-11(16)17/h1-3,5,9,15H,4H2,(H,16,17). The number of hydrogen-bond acceptors (Lipinski definition) is 2. The summed E-state index contributed by atoms with van der Waals surface area (Å²) in [5, 5.41) is 9.47. The van der Waals surface area contributed by atoms with Crippen molar-refractivity contribution in [2.45, 2.75) is 11.2 Å². The highest BCUT2D eigenvalue weighted by Gasteiger charge is 2.22. The minimum atomic E-state index is -1.01. The molecule has 18 heavy (non-hydrogen) atoms. The Morgan fingerprint density at radius 3 is 2.78 bits per heavy atom. The number of fused-ring (bicyclic) bond motifs is 1. The number of Topliss-reactive ketones (excluding diaryl/α,β-unsaturated/α-hetero) is 1. The summed E-state index contributed by atoms with van der Waals surface area (Å²) in [6, 6.07) is 5.53. The zero-order valence-electron chi connectivity index (χ0n) is 9.11. The SMILES string of the molecule is O=C(O)CC(Br)C(=O)c1c[nH]c2cc(Br)ccc12. The molecule has 4 nitrogen and oxygen atoms in total. The molecule has 0 amide bonds. The third kappa shape index (κ3) is 2.64. The summed E-state index contributed by atoms with van der Waals surface area (Å²) in [5.41, 5.74) is 1.34. The smallest absolute Gasteiger partial charge is 0.304 e. The number of carbonyl (C=O) groups excluding carboxylic acids is 1. The summed E-state index contributed by atoms with van der Waals surface area (Å²) in [7, 11) is 0. The van der Waals surface area contributed by atoms with Gasteiger partial charge in [0.2, 0.25) is 0 Å². The van der Waals surface area contributed by atoms with E-state index in [-0.39, 0.29) is 12.2 Å². The number of nitrogens with one attached hydrogen (secondary N) is 1. The Morgan fingerprint density at radius 2 is 2.11 bits per heavy atom. The lowest BCUT2D eigenvalue weighted by molar-refractivity contribution is -0.136. The Hall–Kier alpha value is -1.14. The highest BCUT2D eigenvalue weighted by atomic mass is 79.9. The van der Waals surface area contributed by atoms with Crippen LogP contribution in [-0.4, -0.2) is 26.7 Å². The molecule has 0 spiro atoms. The summed E-state index contributed by atoms with van der Waals surface area (Å²) < 4.78 is 0.914. The van der Waals surface area contributed by atoms with E-state index in [1.165, 1.54) is 0 Å². The molecule has 0 fully saturated rings. The second kappa shape index (κ2) is 5.24. The topological polar surface area (TPSA) is 70.2 Å². The zero-order chi connectivity index (χ0) is 13.3. The second-order valence-corrected chi connectivity index (χ2v) is 5.84. The molecule has 1 aromatic carbocycles. The average Bonchev–Trinajstić information content (AvgIpc) is 2.69. The van der Waals surface area contributed by atoms with Gasteiger partial charge in [0.25, 0.3) is 0 Å². The Balaban J connectivity index is 2.36. The maximum atomic E-state index is 12.1. The van der Waals surface area contributed by atoms with Gasteiger partial charge >= 0.3 is 5.97 Å². The van der Waals surface area contributed by atoms with Crippen LogP contribution in [0.15, 0.2) is 28.9 Å². The number of carboxylic acids is 1. The van der Waals surface area contributed by atoms with E-state index in [1.807, 2.05) is 18.2 Å². The van der Waals surface area contributed by atoms with Crippen molar-refractivity contribution in [3.63, 3.8) is 0 Å². The Kier molecular flexibility index (Phi) is 3.87. The van der Waals surface area contributed by atoms with Crippen molar-refractivity contribution in [1.29, 1.82) is 0 Å². The van der Waals surface area contributed by atoms with Crippen LogP contribution in [0.3, 0.4) is 0 Å². The number of halogens is 2. The van der Waals surface area contributed by atoms with Crippen LogP contribution in [0.5, 0.6) is 0 Å². The Labute approximate surface area is 120 Å². The zero-order valence-corrected chi connectivity index (χ0v) is 12.3. The van der Waals surface area contributed by atoms with Gasteiger partial charge < -0.3 is 10.1 Å². The number of aromatic amines is 1. The van der Waals surface area contributed by atoms with Crippen LogP contribution in [0, 0.1) is 0 Å². The van der Waals surface area contributed by atoms with Crippen molar-refractivity contribution in [2.75, 3.05) is 0 Å². The first-order chi connectivity index (χ1) is 8.49. The molecule has 2 rings (SSSR count). The lowest BCUT2D eigenvalue weighted by atomic mass is 10.1. The van der Waals surface area contributed by atoms with Gasteiger partial charge in [0.05, 0.1) is 11.2 Å². The van der Waals surface area contributed by atoms with E-state index in [0.29, 0.717) is 5.56 Å². The lowest BCUT2D eigenvalue weighted by Crippen LogP contribution is -2.17. The predicted molar refractivity (Wildman–Crippen MR) is 75.3 cm³/mol. The molecule has 0 aliphatic rings. The van der Waals surface area contributed by atoms with Crippen LogP contribution >= 0.6 is 31.9 Å². The molecule has 1 aromatic heterocycles. The van der Waals surface area contributed by atoms with E-state index in [9.17, 15) is 9.59 Å². The summed E-state index contributed by atoms with van der Waals surface area (Å²) in [5.74, 6) is -1.24. The molecule has 94 valence electrons. The van der Waals surface area contributed by atoms with Gasteiger partial charge in [-0.3, -0.25) is 9.59 Å². The summed E-state index contributed by atoms with van der Waals surface area (Å²) in [4.78, 5) is 25.0. The lowest BCUT2D eigenvalue weighted by Gasteiger charge is -2.04. The van der Waals surface area contributed by atoms with E-state index in [1.54, 1.807) is 6.20 Å². The van der Waals surface area contributed by atoms with Crippen molar-refractivity contribution >= 4 is 54.5 Å². The minimum Gasteiger partial charge on any atom is -0.481 e. The van der Waals surface area contributed by atoms with Gasteiger partial charge in [0, 0.05) is 27.1 Å². The number of carboxylic acid groups (broad SMARTS) is 1. The molecule has 0 aliphatic heterocycles. The van der Waals surface area contributed by atoms with Gasteiger partial charge in [-0.2, -0.15) is 0 Å². The van der Waals surface area contributed by atoms with Crippen molar-refractivity contribution < 1.29 is 14.7 Å². The first kappa shape index (κ1) is 13.3. The molecule has 0 saturated heterocycles. The van der Waals surface area contributed by atoms with Crippen LogP contribution in [0.2, 0.25) is 0 Å². The molecule has 0 aliphatic carbocycles. The third-order valence-electron chi connectivity index (χ3n) is 2.55. The molecule has 1 atom stereocenters. The van der Waals surface area contributed by atoms with E-state index < -0.39 is 10.8 Å². The van der Waals surface area contributed by atoms with E-state index in [4.69, 9.17) is 5.11 Å². The van der Waals surface area contributed by atoms with Crippen molar-refractivity contribution in [1.82, 2.24) is 4.98 Å². The van der Waals surface area contributed by atoms with E-state index in [2.05, 4.69) is 36.8 Å². The van der Waals surface area contributed by atoms with Crippen LogP contribution < -0.4 is 0 Å². The molecular weight excluding hydrogens is 366 g/mol. The number of rotatable bonds is 4. The largest absolute Gasteiger partial charge is 0.481 e. The molecule has 6 heteroatoms. The predicted octanol–water partition coefficient (Wildman–Crippen LogP) is 3.35. The molecule has 0 radical (unpaired) electrons. The quantitative estimate of drug-likeness (QED) is 0.636. The minimum absolute atomic E-state index is 0.231. The normalized spacial score (nSPS) is 12.6. The van der Waals surface area contributed by atoms with Gasteiger partial charge in [-0.15, -0.1) is 0 Å². The van der Waals surface area contributed by atoms with E-state index in [0.717, 1.165) is 15.4 Å². The van der Waals surface area contributed by atoms with Gasteiger partial charge in [-0.05, 0) is 12.1 Å². The number of H-pyrrole nitrogens is 1. The Morgan fingerprint density at radius 1 is 1.39 bits per heavy atom. The maximum Gasteiger partial charge on any atom is 0.304 e. The molecule has 0 saturated carbocycles. The monoisotopic (exact) mass is 373 g/mol. The fourth-order valence-corrected chi connectivity index (χ4v) is 2.60. The maximum absolute atomic E-state index is 12.1. The summed E-state index contributed by atoms with van der Waals surface area (Å²) >= 11 is 6.46. The first-order valence-corrected chi connectivity index (χ1v) is 6.86. The number of aromatic nitrogens is 1. The van der Waals surface area contributed by atoms with Gasteiger partial charge in [0.1, 0.15) is 0 Å². The average molecular weight is 375 g/mol. The van der Waals surface area contributed by atoms with Crippen LogP contribution in [0.4, 0.5) is 0 Å². The number of benzene rings is 1. The second-order valence-electron chi connectivity index (χ2n) is 3.82. The van der Waals surface area contributed by atoms with Gasteiger partial charge in [-0.1, -0.05) is 37.9 Å². The molecule has 2 aromatic rings. The van der Waals surface area contributed by atoms with Crippen molar-refractivity contribution in [3.8, 4) is 0 Å². The van der Waals surface area contributed by atoms with Crippen LogP contribution in [0.25, 0.3) is 10.9 Å². The van der Waals surface area contributed by atoms with Crippen LogP contribution in [0.1, 0.15) is 16.8 Å². The molecular formula is C12H9Br2NO3. The first-order valence-electron chi connectivity index (χ1n) is 5.15. The van der Waals surface area contributed by atoms with Gasteiger partial charge in [0.15, 0.2) is 5.78 Å². The fourth-order valence-electron chi connectivity index (χ4n) is 1.72. The van der Waals surface area contributed by atoms with Crippen molar-refractivity contribution in [2.24, 2.45) is 0 Å². The highest BCUT2D eigenvalue weighted by Crippen LogP contribution is 2.25. The number of ketones is 1. The van der Waals surface area contributed by atoms with Crippen molar-refractivity contribution in [3.05, 3.63) is 34.4 Å². The summed E-state index contributed by atoms with van der Waals surface area (Å²) in [6.45, 7) is 0. The number of alkyl halides is 1. The fraction of sp³-hybridized carbons (Fsp3) is 0.167.